The number of hydrogen-bond donors (Lipinski definition) is 1. The highest BCUT2D eigenvalue weighted by molar-refractivity contribution is 5.98. The van der Waals surface area contributed by atoms with E-state index >= 15 is 0 Å². The zero-order valence-electron chi connectivity index (χ0n) is 20.1. The summed E-state index contributed by atoms with van der Waals surface area (Å²) in [5.41, 5.74) is 3.48. The minimum Gasteiger partial charge on any atom is -0.493 e. The third kappa shape index (κ3) is 6.05. The molecule has 7 heteroatoms. The third-order valence-electron chi connectivity index (χ3n) is 6.08. The fourth-order valence-electron chi connectivity index (χ4n) is 4.04. The minimum atomic E-state index is -0.142. The lowest BCUT2D eigenvalue weighted by Gasteiger charge is -2.19. The Labute approximate surface area is 196 Å². The summed E-state index contributed by atoms with van der Waals surface area (Å²) < 4.78 is 11.4. The highest BCUT2D eigenvalue weighted by Crippen LogP contribution is 2.30. The number of benzene rings is 2. The number of likely N-dealkylation sites (N-methyl/N-ethyl adjacent to an activating group) is 1. The first-order chi connectivity index (χ1) is 16.0. The molecule has 3 rings (SSSR count). The van der Waals surface area contributed by atoms with Crippen LogP contribution in [0.5, 0.6) is 11.5 Å². The molecule has 1 aliphatic heterocycles. The molecule has 1 aliphatic rings. The number of nitrogens with zero attached hydrogens (tertiary/aromatic N) is 2. The Morgan fingerprint density at radius 1 is 1.06 bits per heavy atom. The number of fused-ring (bicyclic) bond motifs is 1. The maximum atomic E-state index is 12.7. The van der Waals surface area contributed by atoms with Gasteiger partial charge >= 0.3 is 0 Å². The van der Waals surface area contributed by atoms with Crippen molar-refractivity contribution >= 4 is 17.5 Å². The molecule has 0 unspecified atom stereocenters. The number of nitrogens with one attached hydrogen (secondary N) is 1. The molecule has 0 fully saturated rings. The van der Waals surface area contributed by atoms with Crippen LogP contribution >= 0.6 is 0 Å². The SMILES string of the molecule is CCC(=O)N1CCc2cc(C(=O)NCc3ccc(OCCN(CC)CC)c(OC)c3)ccc21. The second kappa shape index (κ2) is 11.7. The molecule has 0 saturated carbocycles. The van der Waals surface area contributed by atoms with Crippen molar-refractivity contribution in [2.75, 3.05) is 44.8 Å². The Kier molecular flexibility index (Phi) is 8.72. The van der Waals surface area contributed by atoms with Gasteiger partial charge < -0.3 is 24.6 Å². The summed E-state index contributed by atoms with van der Waals surface area (Å²) in [6.07, 6.45) is 1.25. The van der Waals surface area contributed by atoms with Gasteiger partial charge in [0.2, 0.25) is 5.91 Å². The lowest BCUT2D eigenvalue weighted by Crippen LogP contribution is -2.28. The molecule has 0 saturated heterocycles. The van der Waals surface area contributed by atoms with Gasteiger partial charge in [-0.15, -0.1) is 0 Å². The standard InChI is InChI=1S/C26H35N3O4/c1-5-25(30)29-13-12-20-17-21(9-10-22(20)29)26(31)27-18-19-8-11-23(24(16-19)32-4)33-15-14-28(6-2)7-3/h8-11,16-17H,5-7,12-15,18H2,1-4H3,(H,27,31). The number of ether oxygens (including phenoxy) is 2. The normalized spacial score (nSPS) is 12.6. The van der Waals surface area contributed by atoms with E-state index in [0.29, 0.717) is 43.2 Å². The maximum Gasteiger partial charge on any atom is 0.251 e. The number of rotatable bonds is 11. The van der Waals surface area contributed by atoms with Gasteiger partial charge in [-0.3, -0.25) is 9.59 Å². The molecule has 0 bridgehead atoms. The largest absolute Gasteiger partial charge is 0.493 e. The molecule has 178 valence electrons. The summed E-state index contributed by atoms with van der Waals surface area (Å²) in [5, 5.41) is 2.97. The molecule has 2 amide bonds. The lowest BCUT2D eigenvalue weighted by molar-refractivity contribution is -0.118. The van der Waals surface area contributed by atoms with Crippen molar-refractivity contribution in [3.8, 4) is 11.5 Å². The maximum absolute atomic E-state index is 12.7. The Bertz CT molecular complexity index is 972. The van der Waals surface area contributed by atoms with Crippen molar-refractivity contribution in [2.45, 2.75) is 40.2 Å². The molecule has 0 aliphatic carbocycles. The van der Waals surface area contributed by atoms with Crippen LogP contribution < -0.4 is 19.7 Å². The topological polar surface area (TPSA) is 71.1 Å². The van der Waals surface area contributed by atoms with Gasteiger partial charge in [-0.05, 0) is 61.0 Å². The van der Waals surface area contributed by atoms with Crippen LogP contribution in [0.1, 0.15) is 48.7 Å². The average Bonchev–Trinajstić information content (AvgIpc) is 3.28. The number of carbonyl (C=O) groups excluding carboxylic acids is 2. The number of anilines is 1. The molecule has 2 aromatic rings. The summed E-state index contributed by atoms with van der Waals surface area (Å²) in [6.45, 7) is 10.6. The average molecular weight is 454 g/mol. The first kappa shape index (κ1) is 24.6. The number of hydrogen-bond acceptors (Lipinski definition) is 5. The van der Waals surface area contributed by atoms with E-state index in [9.17, 15) is 9.59 Å². The van der Waals surface area contributed by atoms with Crippen LogP contribution in [0, 0.1) is 0 Å². The highest BCUT2D eigenvalue weighted by atomic mass is 16.5. The molecule has 0 atom stereocenters. The summed E-state index contributed by atoms with van der Waals surface area (Å²) in [6, 6.07) is 11.3. The molecular weight excluding hydrogens is 418 g/mol. The van der Waals surface area contributed by atoms with E-state index in [0.717, 1.165) is 42.9 Å². The molecule has 0 spiro atoms. The summed E-state index contributed by atoms with van der Waals surface area (Å²) in [4.78, 5) is 28.9. The molecule has 33 heavy (non-hydrogen) atoms. The van der Waals surface area contributed by atoms with E-state index in [1.54, 1.807) is 18.1 Å². The molecule has 1 heterocycles. The zero-order chi connectivity index (χ0) is 23.8. The van der Waals surface area contributed by atoms with Crippen LogP contribution in [0.2, 0.25) is 0 Å². The predicted molar refractivity (Wildman–Crippen MR) is 130 cm³/mol. The third-order valence-corrected chi connectivity index (χ3v) is 6.08. The van der Waals surface area contributed by atoms with E-state index in [-0.39, 0.29) is 11.8 Å². The van der Waals surface area contributed by atoms with Gasteiger partial charge in [-0.25, -0.2) is 0 Å². The van der Waals surface area contributed by atoms with E-state index in [1.165, 1.54) is 0 Å². The van der Waals surface area contributed by atoms with Crippen molar-refractivity contribution in [2.24, 2.45) is 0 Å². The Hall–Kier alpha value is -3.06. The lowest BCUT2D eigenvalue weighted by atomic mass is 10.1. The van der Waals surface area contributed by atoms with Gasteiger partial charge in [0.1, 0.15) is 6.61 Å². The van der Waals surface area contributed by atoms with Crippen LogP contribution in [0.4, 0.5) is 5.69 Å². The van der Waals surface area contributed by atoms with Gasteiger partial charge in [0.15, 0.2) is 11.5 Å². The Balaban J connectivity index is 1.58. The molecule has 7 nitrogen and oxygen atoms in total. The van der Waals surface area contributed by atoms with Crippen LogP contribution in [-0.4, -0.2) is 56.6 Å². The summed E-state index contributed by atoms with van der Waals surface area (Å²) >= 11 is 0. The van der Waals surface area contributed by atoms with Crippen molar-refractivity contribution in [3.05, 3.63) is 53.1 Å². The Morgan fingerprint density at radius 3 is 2.55 bits per heavy atom. The fourth-order valence-corrected chi connectivity index (χ4v) is 4.04. The van der Waals surface area contributed by atoms with Crippen LogP contribution in [0.3, 0.4) is 0 Å². The van der Waals surface area contributed by atoms with Gasteiger partial charge in [0, 0.05) is 37.3 Å². The fraction of sp³-hybridized carbons (Fsp3) is 0.462. The van der Waals surface area contributed by atoms with E-state index < -0.39 is 0 Å². The van der Waals surface area contributed by atoms with Gasteiger partial charge in [0.25, 0.3) is 5.91 Å². The van der Waals surface area contributed by atoms with Crippen molar-refractivity contribution in [3.63, 3.8) is 0 Å². The minimum absolute atomic E-state index is 0.111. The predicted octanol–water partition coefficient (Wildman–Crippen LogP) is 3.64. The summed E-state index contributed by atoms with van der Waals surface area (Å²) in [5.74, 6) is 1.32. The van der Waals surface area contributed by atoms with Crippen LogP contribution in [-0.2, 0) is 17.8 Å². The molecule has 2 aromatic carbocycles. The molecular formula is C26H35N3O4. The van der Waals surface area contributed by atoms with Crippen LogP contribution in [0.25, 0.3) is 0 Å². The van der Waals surface area contributed by atoms with E-state index in [4.69, 9.17) is 9.47 Å². The number of amides is 2. The van der Waals surface area contributed by atoms with Gasteiger partial charge in [-0.2, -0.15) is 0 Å². The second-order valence-corrected chi connectivity index (χ2v) is 8.04. The number of methoxy groups -OCH3 is 1. The van der Waals surface area contributed by atoms with Gasteiger partial charge in [0.05, 0.1) is 7.11 Å². The van der Waals surface area contributed by atoms with E-state index in [2.05, 4.69) is 24.1 Å². The monoisotopic (exact) mass is 453 g/mol. The number of carbonyl (C=O) groups is 2. The highest BCUT2D eigenvalue weighted by Gasteiger charge is 2.24. The van der Waals surface area contributed by atoms with Crippen molar-refractivity contribution < 1.29 is 19.1 Å². The van der Waals surface area contributed by atoms with Gasteiger partial charge in [-0.1, -0.05) is 26.8 Å². The summed E-state index contributed by atoms with van der Waals surface area (Å²) in [7, 11) is 1.62. The zero-order valence-corrected chi connectivity index (χ0v) is 20.1. The molecule has 0 radical (unpaired) electrons. The van der Waals surface area contributed by atoms with Crippen molar-refractivity contribution in [1.82, 2.24) is 10.2 Å². The molecule has 0 aromatic heterocycles. The van der Waals surface area contributed by atoms with Crippen LogP contribution in [0.15, 0.2) is 36.4 Å². The smallest absolute Gasteiger partial charge is 0.251 e. The Morgan fingerprint density at radius 2 is 1.85 bits per heavy atom. The first-order valence-electron chi connectivity index (χ1n) is 11.7. The van der Waals surface area contributed by atoms with Crippen molar-refractivity contribution in [1.29, 1.82) is 0 Å². The second-order valence-electron chi connectivity index (χ2n) is 8.04. The molecule has 1 N–H and O–H groups in total. The van der Waals surface area contributed by atoms with E-state index in [1.807, 2.05) is 37.3 Å². The first-order valence-corrected chi connectivity index (χ1v) is 11.7. The quantitative estimate of drug-likeness (QED) is 0.562.